The van der Waals surface area contributed by atoms with Crippen molar-refractivity contribution < 1.29 is 14.7 Å². The molecule has 0 aromatic carbocycles. The molecule has 2 aliphatic rings. The minimum atomic E-state index is -0.705. The summed E-state index contributed by atoms with van der Waals surface area (Å²) in [6.45, 7) is 2.15. The van der Waals surface area contributed by atoms with Crippen molar-refractivity contribution in [2.75, 3.05) is 5.75 Å². The molecule has 0 heterocycles. The Morgan fingerprint density at radius 3 is 2.43 bits per heavy atom. The predicted molar refractivity (Wildman–Crippen MR) is 84.6 cm³/mol. The molecule has 2 rings (SSSR count). The lowest BCUT2D eigenvalue weighted by atomic mass is 9.86. The number of hydrogen-bond donors (Lipinski definition) is 3. The van der Waals surface area contributed by atoms with Crippen LogP contribution in [0.5, 0.6) is 0 Å². The van der Waals surface area contributed by atoms with Crippen molar-refractivity contribution in [3.05, 3.63) is 0 Å². The maximum Gasteiger partial charge on any atom is 0.315 e. The Bertz CT molecular complexity index is 370. The first-order chi connectivity index (χ1) is 10.1. The molecular formula is C15H26N2O3S. The van der Waals surface area contributed by atoms with Crippen LogP contribution in [0.3, 0.4) is 0 Å². The highest BCUT2D eigenvalue weighted by Crippen LogP contribution is 2.30. The molecular weight excluding hydrogens is 288 g/mol. The van der Waals surface area contributed by atoms with E-state index in [1.807, 2.05) is 11.8 Å². The van der Waals surface area contributed by atoms with Crippen molar-refractivity contribution >= 4 is 23.8 Å². The topological polar surface area (TPSA) is 78.4 Å². The number of thioether (sulfide) groups is 1. The standard InChI is InChI=1S/C15H26N2O3S/c1-2-21-13-5-3-4-12(13)17-15(20)16-11-8-6-10(7-9-11)14(18)19/h10-13H,2-9H2,1H3,(H,18,19)(H2,16,17,20). The van der Waals surface area contributed by atoms with Gasteiger partial charge in [-0.15, -0.1) is 0 Å². The van der Waals surface area contributed by atoms with E-state index < -0.39 is 5.97 Å². The van der Waals surface area contributed by atoms with E-state index in [9.17, 15) is 9.59 Å². The zero-order chi connectivity index (χ0) is 15.2. The quantitative estimate of drug-likeness (QED) is 0.729. The van der Waals surface area contributed by atoms with Crippen LogP contribution >= 0.6 is 11.8 Å². The van der Waals surface area contributed by atoms with Crippen LogP contribution in [0, 0.1) is 5.92 Å². The summed E-state index contributed by atoms with van der Waals surface area (Å²) in [7, 11) is 0. The van der Waals surface area contributed by atoms with E-state index in [2.05, 4.69) is 17.6 Å². The van der Waals surface area contributed by atoms with Crippen LogP contribution in [0.1, 0.15) is 51.9 Å². The third-order valence-electron chi connectivity index (χ3n) is 4.56. The van der Waals surface area contributed by atoms with Crippen molar-refractivity contribution in [1.29, 1.82) is 0 Å². The van der Waals surface area contributed by atoms with Gasteiger partial charge in [0.15, 0.2) is 0 Å². The summed E-state index contributed by atoms with van der Waals surface area (Å²) in [5.41, 5.74) is 0. The molecule has 2 amide bonds. The lowest BCUT2D eigenvalue weighted by Crippen LogP contribution is -2.49. The summed E-state index contributed by atoms with van der Waals surface area (Å²) in [4.78, 5) is 23.0. The van der Waals surface area contributed by atoms with Gasteiger partial charge in [0.25, 0.3) is 0 Å². The normalized spacial score (nSPS) is 32.6. The molecule has 0 saturated heterocycles. The molecule has 120 valence electrons. The molecule has 0 bridgehead atoms. The van der Waals surface area contributed by atoms with Crippen molar-refractivity contribution in [3.63, 3.8) is 0 Å². The largest absolute Gasteiger partial charge is 0.481 e. The van der Waals surface area contributed by atoms with Crippen molar-refractivity contribution in [2.24, 2.45) is 5.92 Å². The van der Waals surface area contributed by atoms with Gasteiger partial charge in [-0.05, 0) is 44.3 Å². The van der Waals surface area contributed by atoms with Gasteiger partial charge in [-0.25, -0.2) is 4.79 Å². The summed E-state index contributed by atoms with van der Waals surface area (Å²) in [6.07, 6.45) is 6.30. The van der Waals surface area contributed by atoms with Gasteiger partial charge in [-0.1, -0.05) is 13.3 Å². The Morgan fingerprint density at radius 1 is 1.10 bits per heavy atom. The number of amides is 2. The molecule has 2 aliphatic carbocycles. The fraction of sp³-hybridized carbons (Fsp3) is 0.867. The Labute approximate surface area is 130 Å². The highest BCUT2D eigenvalue weighted by molar-refractivity contribution is 7.99. The number of carboxylic acids is 1. The maximum absolute atomic E-state index is 12.1. The zero-order valence-corrected chi connectivity index (χ0v) is 13.5. The number of urea groups is 1. The summed E-state index contributed by atoms with van der Waals surface area (Å²) < 4.78 is 0. The molecule has 0 aliphatic heterocycles. The monoisotopic (exact) mass is 314 g/mol. The second-order valence-electron chi connectivity index (χ2n) is 6.04. The number of carbonyl (C=O) groups excluding carboxylic acids is 1. The van der Waals surface area contributed by atoms with Crippen molar-refractivity contribution in [2.45, 2.75) is 69.2 Å². The van der Waals surface area contributed by atoms with Crippen LogP contribution in [0.25, 0.3) is 0 Å². The van der Waals surface area contributed by atoms with E-state index >= 15 is 0 Å². The van der Waals surface area contributed by atoms with Crippen LogP contribution in [-0.4, -0.2) is 40.2 Å². The molecule has 0 aromatic heterocycles. The molecule has 2 fully saturated rings. The van der Waals surface area contributed by atoms with Gasteiger partial charge in [-0.3, -0.25) is 4.79 Å². The van der Waals surface area contributed by atoms with Gasteiger partial charge in [-0.2, -0.15) is 11.8 Å². The molecule has 2 saturated carbocycles. The number of carbonyl (C=O) groups is 2. The first-order valence-corrected chi connectivity index (χ1v) is 9.06. The van der Waals surface area contributed by atoms with Gasteiger partial charge in [0.2, 0.25) is 0 Å². The van der Waals surface area contributed by atoms with Gasteiger partial charge < -0.3 is 15.7 Å². The molecule has 0 aromatic rings. The first-order valence-electron chi connectivity index (χ1n) is 8.01. The smallest absolute Gasteiger partial charge is 0.315 e. The Morgan fingerprint density at radius 2 is 1.81 bits per heavy atom. The number of hydrogen-bond acceptors (Lipinski definition) is 3. The fourth-order valence-corrected chi connectivity index (χ4v) is 4.58. The average molecular weight is 314 g/mol. The Balaban J connectivity index is 1.71. The van der Waals surface area contributed by atoms with E-state index in [1.54, 1.807) is 0 Å². The summed E-state index contributed by atoms with van der Waals surface area (Å²) in [5.74, 6) is 0.151. The molecule has 6 heteroatoms. The summed E-state index contributed by atoms with van der Waals surface area (Å²) in [5, 5.41) is 15.6. The number of nitrogens with one attached hydrogen (secondary N) is 2. The van der Waals surface area contributed by atoms with Gasteiger partial charge in [0.05, 0.1) is 5.92 Å². The lowest BCUT2D eigenvalue weighted by molar-refractivity contribution is -0.142. The van der Waals surface area contributed by atoms with Crippen LogP contribution in [0.15, 0.2) is 0 Å². The highest BCUT2D eigenvalue weighted by Gasteiger charge is 2.30. The second kappa shape index (κ2) is 7.92. The van der Waals surface area contributed by atoms with Gasteiger partial charge in [0.1, 0.15) is 0 Å². The molecule has 2 atom stereocenters. The average Bonchev–Trinajstić information content (AvgIpc) is 2.87. The van der Waals surface area contributed by atoms with Gasteiger partial charge >= 0.3 is 12.0 Å². The predicted octanol–water partition coefficient (Wildman–Crippen LogP) is 2.60. The van der Waals surface area contributed by atoms with Crippen LogP contribution in [0.2, 0.25) is 0 Å². The van der Waals surface area contributed by atoms with E-state index in [4.69, 9.17) is 5.11 Å². The maximum atomic E-state index is 12.1. The molecule has 2 unspecified atom stereocenters. The minimum Gasteiger partial charge on any atom is -0.481 e. The Kier molecular flexibility index (Phi) is 6.21. The lowest BCUT2D eigenvalue weighted by Gasteiger charge is -2.28. The first kappa shape index (κ1) is 16.5. The van der Waals surface area contributed by atoms with E-state index in [0.717, 1.165) is 25.0 Å². The second-order valence-corrected chi connectivity index (χ2v) is 7.55. The fourth-order valence-electron chi connectivity index (χ4n) is 3.38. The summed E-state index contributed by atoms with van der Waals surface area (Å²) in [6, 6.07) is 0.326. The van der Waals surface area contributed by atoms with Gasteiger partial charge in [0, 0.05) is 17.3 Å². The molecule has 21 heavy (non-hydrogen) atoms. The van der Waals surface area contributed by atoms with Crippen LogP contribution < -0.4 is 10.6 Å². The third-order valence-corrected chi connectivity index (χ3v) is 5.89. The minimum absolute atomic E-state index is 0.0811. The van der Waals surface area contributed by atoms with E-state index in [-0.39, 0.29) is 24.0 Å². The summed E-state index contributed by atoms with van der Waals surface area (Å²) >= 11 is 1.93. The highest BCUT2D eigenvalue weighted by atomic mass is 32.2. The van der Waals surface area contributed by atoms with E-state index in [0.29, 0.717) is 18.1 Å². The third kappa shape index (κ3) is 4.80. The zero-order valence-electron chi connectivity index (χ0n) is 12.6. The van der Waals surface area contributed by atoms with Crippen LogP contribution in [0.4, 0.5) is 4.79 Å². The molecule has 0 spiro atoms. The van der Waals surface area contributed by atoms with Crippen molar-refractivity contribution in [1.82, 2.24) is 10.6 Å². The van der Waals surface area contributed by atoms with E-state index in [1.165, 1.54) is 12.8 Å². The number of carboxylic acid groups (broad SMARTS) is 1. The SMILES string of the molecule is CCSC1CCCC1NC(=O)NC1CCC(C(=O)O)CC1. The van der Waals surface area contributed by atoms with Crippen LogP contribution in [-0.2, 0) is 4.79 Å². The van der Waals surface area contributed by atoms with Crippen molar-refractivity contribution in [3.8, 4) is 0 Å². The number of rotatable bonds is 5. The molecule has 0 radical (unpaired) electrons. The Hall–Kier alpha value is -0.910. The molecule has 3 N–H and O–H groups in total. The molecule has 5 nitrogen and oxygen atoms in total. The number of aliphatic carboxylic acids is 1.